The molecule has 0 unspecified atom stereocenters. The number of nitro groups is 1. The summed E-state index contributed by atoms with van der Waals surface area (Å²) >= 11 is 0. The van der Waals surface area contributed by atoms with E-state index in [9.17, 15) is 24.5 Å². The van der Waals surface area contributed by atoms with E-state index in [4.69, 9.17) is 9.47 Å². The van der Waals surface area contributed by atoms with E-state index in [1.165, 1.54) is 43.5 Å². The summed E-state index contributed by atoms with van der Waals surface area (Å²) in [5, 5.41) is 16.3. The first-order valence-corrected chi connectivity index (χ1v) is 13.0. The molecule has 0 aliphatic heterocycles. The van der Waals surface area contributed by atoms with Crippen molar-refractivity contribution in [1.82, 2.24) is 5.32 Å². The van der Waals surface area contributed by atoms with Crippen LogP contribution in [0.4, 0.5) is 11.4 Å². The lowest BCUT2D eigenvalue weighted by Crippen LogP contribution is -2.30. The Balaban J connectivity index is 1.51. The summed E-state index contributed by atoms with van der Waals surface area (Å²) in [6, 6.07) is 25.4. The van der Waals surface area contributed by atoms with E-state index in [1.807, 2.05) is 0 Å². The number of rotatable bonds is 11. The van der Waals surface area contributed by atoms with Gasteiger partial charge in [0.2, 0.25) is 0 Å². The average Bonchev–Trinajstić information content (AvgIpc) is 3.04. The molecule has 0 spiro atoms. The second kappa shape index (κ2) is 14.0. The molecule has 0 fully saturated rings. The molecule has 0 aliphatic rings. The highest BCUT2D eigenvalue weighted by atomic mass is 16.6. The molecule has 0 heterocycles. The number of benzene rings is 4. The molecule has 0 atom stereocenters. The van der Waals surface area contributed by atoms with Crippen LogP contribution in [0.2, 0.25) is 0 Å². The third-order valence-electron chi connectivity index (χ3n) is 6.22. The van der Waals surface area contributed by atoms with Crippen LogP contribution in [0.1, 0.15) is 31.8 Å². The third-order valence-corrected chi connectivity index (χ3v) is 6.22. The van der Waals surface area contributed by atoms with Gasteiger partial charge < -0.3 is 20.1 Å². The van der Waals surface area contributed by atoms with E-state index in [0.29, 0.717) is 39.4 Å². The summed E-state index contributed by atoms with van der Waals surface area (Å²) in [4.78, 5) is 49.3. The molecule has 4 aromatic carbocycles. The van der Waals surface area contributed by atoms with Crippen LogP contribution in [0.15, 0.2) is 109 Å². The Morgan fingerprint density at radius 2 is 1.51 bits per heavy atom. The number of nitrogens with one attached hydrogen (secondary N) is 2. The largest absolute Gasteiger partial charge is 0.497 e. The van der Waals surface area contributed by atoms with Gasteiger partial charge in [0.15, 0.2) is 5.78 Å². The van der Waals surface area contributed by atoms with Crippen LogP contribution in [0, 0.1) is 10.1 Å². The van der Waals surface area contributed by atoms with Crippen molar-refractivity contribution in [2.45, 2.75) is 0 Å². The van der Waals surface area contributed by atoms with Gasteiger partial charge in [0.25, 0.3) is 17.5 Å². The third kappa shape index (κ3) is 8.01. The Bertz CT molecular complexity index is 1700. The molecule has 0 aromatic heterocycles. The summed E-state index contributed by atoms with van der Waals surface area (Å²) in [6.45, 7) is 0. The highest BCUT2D eigenvalue weighted by Crippen LogP contribution is 2.25. The number of methoxy groups -OCH3 is 2. The van der Waals surface area contributed by atoms with Crippen molar-refractivity contribution in [3.8, 4) is 11.5 Å². The molecule has 4 aromatic rings. The van der Waals surface area contributed by atoms with Crippen LogP contribution < -0.4 is 20.1 Å². The lowest BCUT2D eigenvalue weighted by molar-refractivity contribution is -0.384. The van der Waals surface area contributed by atoms with Crippen molar-refractivity contribution in [3.05, 3.63) is 141 Å². The summed E-state index contributed by atoms with van der Waals surface area (Å²) in [7, 11) is 3.08. The van der Waals surface area contributed by atoms with Crippen LogP contribution in [0.5, 0.6) is 11.5 Å². The molecule has 0 saturated heterocycles. The Labute approximate surface area is 247 Å². The standard InChI is InChI=1S/C33H27N3O7/c1-42-28-17-19-31(43-2)25(21-28)12-18-30(37)23-10-13-26(14-11-23)34-33(39)29(35-32(38)24-6-4-3-5-7-24)20-22-8-15-27(16-9-22)36(40)41/h3-21H,1-2H3,(H,34,39)(H,35,38)/b18-12+,29-20-. The molecule has 0 radical (unpaired) electrons. The maximum Gasteiger partial charge on any atom is 0.272 e. The summed E-state index contributed by atoms with van der Waals surface area (Å²) in [6.07, 6.45) is 4.45. The molecule has 216 valence electrons. The number of hydrogen-bond donors (Lipinski definition) is 2. The van der Waals surface area contributed by atoms with E-state index >= 15 is 0 Å². The molecular formula is C33H27N3O7. The van der Waals surface area contributed by atoms with Crippen molar-refractivity contribution in [1.29, 1.82) is 0 Å². The zero-order chi connectivity index (χ0) is 30.8. The average molecular weight is 578 g/mol. The first-order valence-electron chi connectivity index (χ1n) is 13.0. The lowest BCUT2D eigenvalue weighted by Gasteiger charge is -2.12. The van der Waals surface area contributed by atoms with E-state index in [-0.39, 0.29) is 17.2 Å². The van der Waals surface area contributed by atoms with Gasteiger partial charge in [-0.1, -0.05) is 18.2 Å². The predicted molar refractivity (Wildman–Crippen MR) is 163 cm³/mol. The van der Waals surface area contributed by atoms with Crippen molar-refractivity contribution in [2.24, 2.45) is 0 Å². The molecular weight excluding hydrogens is 550 g/mol. The van der Waals surface area contributed by atoms with Crippen molar-refractivity contribution >= 4 is 41.1 Å². The van der Waals surface area contributed by atoms with Crippen LogP contribution in [-0.2, 0) is 4.79 Å². The number of amides is 2. The highest BCUT2D eigenvalue weighted by molar-refractivity contribution is 6.11. The van der Waals surface area contributed by atoms with E-state index < -0.39 is 16.7 Å². The molecule has 43 heavy (non-hydrogen) atoms. The van der Waals surface area contributed by atoms with E-state index in [2.05, 4.69) is 10.6 Å². The van der Waals surface area contributed by atoms with Gasteiger partial charge in [0, 0.05) is 34.5 Å². The van der Waals surface area contributed by atoms with Crippen LogP contribution in [-0.4, -0.2) is 36.7 Å². The second-order valence-corrected chi connectivity index (χ2v) is 9.06. The maximum atomic E-state index is 13.2. The van der Waals surface area contributed by atoms with E-state index in [0.717, 1.165) is 0 Å². The number of carbonyl (C=O) groups excluding carboxylic acids is 3. The van der Waals surface area contributed by atoms with Gasteiger partial charge in [-0.05, 0) is 90.5 Å². The van der Waals surface area contributed by atoms with Gasteiger partial charge in [0.1, 0.15) is 17.2 Å². The van der Waals surface area contributed by atoms with Crippen molar-refractivity contribution < 1.29 is 28.8 Å². The summed E-state index contributed by atoms with van der Waals surface area (Å²) in [5.74, 6) is -0.206. The molecule has 4 rings (SSSR count). The molecule has 0 saturated carbocycles. The zero-order valence-electron chi connectivity index (χ0n) is 23.3. The van der Waals surface area contributed by atoms with E-state index in [1.54, 1.807) is 86.0 Å². The smallest absolute Gasteiger partial charge is 0.272 e. The normalized spacial score (nSPS) is 11.1. The molecule has 2 amide bonds. The van der Waals surface area contributed by atoms with Crippen LogP contribution >= 0.6 is 0 Å². The summed E-state index contributed by atoms with van der Waals surface area (Å²) < 4.78 is 10.6. The minimum absolute atomic E-state index is 0.0852. The number of ketones is 1. The fourth-order valence-corrected chi connectivity index (χ4v) is 3.95. The predicted octanol–water partition coefficient (Wildman–Crippen LogP) is 5.92. The monoisotopic (exact) mass is 577 g/mol. The fraction of sp³-hybridized carbons (Fsp3) is 0.0606. The van der Waals surface area contributed by atoms with Gasteiger partial charge >= 0.3 is 0 Å². The van der Waals surface area contributed by atoms with Crippen LogP contribution in [0.3, 0.4) is 0 Å². The molecule has 2 N–H and O–H groups in total. The minimum Gasteiger partial charge on any atom is -0.497 e. The Kier molecular flexibility index (Phi) is 9.78. The first kappa shape index (κ1) is 29.9. The van der Waals surface area contributed by atoms with Gasteiger partial charge in [-0.2, -0.15) is 0 Å². The van der Waals surface area contributed by atoms with Gasteiger partial charge in [-0.25, -0.2) is 0 Å². The van der Waals surface area contributed by atoms with Crippen molar-refractivity contribution in [2.75, 3.05) is 19.5 Å². The molecule has 0 bridgehead atoms. The molecule has 10 nitrogen and oxygen atoms in total. The number of non-ortho nitro benzene ring substituents is 1. The Hall–Kier alpha value is -6.03. The first-order chi connectivity index (χ1) is 20.8. The Morgan fingerprint density at radius 3 is 2.14 bits per heavy atom. The number of anilines is 1. The van der Waals surface area contributed by atoms with Gasteiger partial charge in [0.05, 0.1) is 19.1 Å². The van der Waals surface area contributed by atoms with Crippen LogP contribution in [0.25, 0.3) is 12.2 Å². The number of nitro benzene ring substituents is 1. The summed E-state index contributed by atoms with van der Waals surface area (Å²) in [5.41, 5.74) is 2.04. The lowest BCUT2D eigenvalue weighted by atomic mass is 10.1. The topological polar surface area (TPSA) is 137 Å². The number of hydrogen-bond acceptors (Lipinski definition) is 7. The number of ether oxygens (including phenoxy) is 2. The minimum atomic E-state index is -0.633. The van der Waals surface area contributed by atoms with Gasteiger partial charge in [-0.15, -0.1) is 0 Å². The highest BCUT2D eigenvalue weighted by Gasteiger charge is 2.16. The van der Waals surface area contributed by atoms with Crippen molar-refractivity contribution in [3.63, 3.8) is 0 Å². The number of carbonyl (C=O) groups is 3. The second-order valence-electron chi connectivity index (χ2n) is 9.06. The quantitative estimate of drug-likeness (QED) is 0.0977. The maximum absolute atomic E-state index is 13.2. The zero-order valence-corrected chi connectivity index (χ0v) is 23.3. The SMILES string of the molecule is COc1ccc(OC)c(/C=C/C(=O)c2ccc(NC(=O)/C(=C/c3ccc([N+](=O)[O-])cc3)NC(=O)c3ccccc3)cc2)c1. The van der Waals surface area contributed by atoms with Gasteiger partial charge in [-0.3, -0.25) is 24.5 Å². The fourth-order valence-electron chi connectivity index (χ4n) is 3.95. The number of nitrogens with zero attached hydrogens (tertiary/aromatic N) is 1. The molecule has 10 heteroatoms. The molecule has 0 aliphatic carbocycles. The number of allylic oxidation sites excluding steroid dienone is 1. The Morgan fingerprint density at radius 1 is 0.814 bits per heavy atom.